The van der Waals surface area contributed by atoms with Crippen LogP contribution in [0.4, 0.5) is 10.5 Å². The molecule has 0 bridgehead atoms. The Morgan fingerprint density at radius 3 is 2.76 bits per heavy atom. The summed E-state index contributed by atoms with van der Waals surface area (Å²) >= 11 is 0. The van der Waals surface area contributed by atoms with E-state index in [2.05, 4.69) is 20.7 Å². The minimum absolute atomic E-state index is 0.101. The van der Waals surface area contributed by atoms with Gasteiger partial charge in [0.1, 0.15) is 11.7 Å². The van der Waals surface area contributed by atoms with Gasteiger partial charge in [-0.3, -0.25) is 14.2 Å². The lowest BCUT2D eigenvalue weighted by atomic mass is 9.91. The smallest absolute Gasteiger partial charge is 0.319 e. The lowest BCUT2D eigenvalue weighted by Crippen LogP contribution is -2.50. The second-order valence-electron chi connectivity index (χ2n) is 10.1. The number of carbonyl (C=O) groups is 2. The highest BCUT2D eigenvalue weighted by atomic mass is 16.5. The van der Waals surface area contributed by atoms with E-state index in [4.69, 9.17) is 4.74 Å². The number of fused-ring (bicyclic) bond motifs is 1. The molecule has 12 nitrogen and oxygen atoms in total. The zero-order valence-electron chi connectivity index (χ0n) is 21.4. The average molecular weight is 524 g/mol. The number of carbonyl (C=O) groups excluding carboxylic acids is 2. The van der Waals surface area contributed by atoms with Crippen LogP contribution in [0.3, 0.4) is 0 Å². The van der Waals surface area contributed by atoms with E-state index in [0.29, 0.717) is 67.9 Å². The molecule has 0 spiro atoms. The number of methoxy groups -OCH3 is 1. The minimum atomic E-state index is -1.08. The number of nitrogens with one attached hydrogen (secondary N) is 2. The highest BCUT2D eigenvalue weighted by Gasteiger charge is 2.39. The van der Waals surface area contributed by atoms with Crippen LogP contribution in [0.25, 0.3) is 16.7 Å². The van der Waals surface area contributed by atoms with Crippen molar-refractivity contribution in [1.82, 2.24) is 29.5 Å². The SMILES string of the molecule is COCCCNC(=O)Nc1cccc(-n2ncc3c(=O)n(CC4(O)CCN(C(=O)C5CC5)CC4)cnc32)c1. The van der Waals surface area contributed by atoms with Gasteiger partial charge >= 0.3 is 6.03 Å². The third kappa shape index (κ3) is 5.70. The monoisotopic (exact) mass is 523 g/mol. The van der Waals surface area contributed by atoms with Crippen LogP contribution in [0.15, 0.2) is 41.6 Å². The number of rotatable bonds is 9. The van der Waals surface area contributed by atoms with Gasteiger partial charge in [0.05, 0.1) is 24.0 Å². The van der Waals surface area contributed by atoms with E-state index in [9.17, 15) is 19.5 Å². The molecule has 0 atom stereocenters. The van der Waals surface area contributed by atoms with Crippen LogP contribution in [0.1, 0.15) is 32.1 Å². The molecule has 3 amide bonds. The van der Waals surface area contributed by atoms with Crippen molar-refractivity contribution in [3.8, 4) is 5.69 Å². The maximum atomic E-state index is 13.2. The Balaban J connectivity index is 1.27. The highest BCUT2D eigenvalue weighted by Crippen LogP contribution is 2.33. The van der Waals surface area contributed by atoms with Gasteiger partial charge in [-0.1, -0.05) is 6.07 Å². The summed E-state index contributed by atoms with van der Waals surface area (Å²) in [5.41, 5.74) is 0.199. The molecule has 2 aliphatic rings. The zero-order chi connectivity index (χ0) is 26.7. The summed E-state index contributed by atoms with van der Waals surface area (Å²) in [6.45, 7) is 2.14. The van der Waals surface area contributed by atoms with Crippen molar-refractivity contribution in [1.29, 1.82) is 0 Å². The number of likely N-dealkylation sites (tertiary alicyclic amines) is 1. The summed E-state index contributed by atoms with van der Waals surface area (Å²) in [6.07, 6.45) is 6.34. The number of urea groups is 1. The highest BCUT2D eigenvalue weighted by molar-refractivity contribution is 5.89. The number of nitrogens with zero attached hydrogens (tertiary/aromatic N) is 5. The van der Waals surface area contributed by atoms with E-state index >= 15 is 0 Å². The molecule has 5 rings (SSSR count). The molecule has 3 N–H and O–H groups in total. The van der Waals surface area contributed by atoms with Crippen molar-refractivity contribution in [3.05, 3.63) is 47.1 Å². The van der Waals surface area contributed by atoms with Crippen molar-refractivity contribution < 1.29 is 19.4 Å². The molecule has 3 heterocycles. The minimum Gasteiger partial charge on any atom is -0.388 e. The fourth-order valence-corrected chi connectivity index (χ4v) is 4.77. The molecule has 38 heavy (non-hydrogen) atoms. The number of amides is 3. The van der Waals surface area contributed by atoms with E-state index in [1.165, 1.54) is 17.1 Å². The quantitative estimate of drug-likeness (QED) is 0.361. The predicted octanol–water partition coefficient (Wildman–Crippen LogP) is 1.50. The Labute approximate surface area is 219 Å². The van der Waals surface area contributed by atoms with Crippen molar-refractivity contribution >= 4 is 28.7 Å². The van der Waals surface area contributed by atoms with Crippen LogP contribution in [-0.2, 0) is 16.1 Å². The molecule has 2 fully saturated rings. The van der Waals surface area contributed by atoms with Gasteiger partial charge in [-0.15, -0.1) is 0 Å². The fraction of sp³-hybridized carbons (Fsp3) is 0.500. The molecule has 1 saturated heterocycles. The topological polar surface area (TPSA) is 144 Å². The molecular formula is C26H33N7O5. The normalized spacial score (nSPS) is 16.9. The van der Waals surface area contributed by atoms with Crippen LogP contribution in [0.2, 0.25) is 0 Å². The van der Waals surface area contributed by atoms with Gasteiger partial charge in [0.15, 0.2) is 5.65 Å². The number of piperidine rings is 1. The van der Waals surface area contributed by atoms with Crippen LogP contribution in [-0.4, -0.2) is 80.2 Å². The lowest BCUT2D eigenvalue weighted by Gasteiger charge is -2.38. The summed E-state index contributed by atoms with van der Waals surface area (Å²) < 4.78 is 7.93. The molecule has 3 aromatic rings. The summed E-state index contributed by atoms with van der Waals surface area (Å²) in [5.74, 6) is 0.341. The van der Waals surface area contributed by atoms with Gasteiger partial charge in [0.2, 0.25) is 5.91 Å². The first kappa shape index (κ1) is 25.9. The van der Waals surface area contributed by atoms with E-state index < -0.39 is 5.60 Å². The molecular weight excluding hydrogens is 490 g/mol. The Kier molecular flexibility index (Phi) is 7.43. The lowest BCUT2D eigenvalue weighted by molar-refractivity contribution is -0.137. The average Bonchev–Trinajstić information content (AvgIpc) is 3.67. The first-order valence-corrected chi connectivity index (χ1v) is 13.0. The Morgan fingerprint density at radius 1 is 1.24 bits per heavy atom. The second-order valence-corrected chi connectivity index (χ2v) is 10.1. The van der Waals surface area contributed by atoms with Crippen LogP contribution < -0.4 is 16.2 Å². The van der Waals surface area contributed by atoms with Gasteiger partial charge in [0.25, 0.3) is 5.56 Å². The fourth-order valence-electron chi connectivity index (χ4n) is 4.77. The van der Waals surface area contributed by atoms with E-state index in [-0.39, 0.29) is 30.0 Å². The van der Waals surface area contributed by atoms with Crippen molar-refractivity contribution in [3.63, 3.8) is 0 Å². The molecule has 1 aliphatic heterocycles. The summed E-state index contributed by atoms with van der Waals surface area (Å²) in [7, 11) is 1.61. The van der Waals surface area contributed by atoms with Gasteiger partial charge in [0, 0.05) is 45.0 Å². The summed E-state index contributed by atoms with van der Waals surface area (Å²) in [4.78, 5) is 44.0. The van der Waals surface area contributed by atoms with E-state index in [1.807, 2.05) is 4.90 Å². The molecule has 0 radical (unpaired) electrons. The standard InChI is InChI=1S/C26H33N7O5/c1-38-13-3-10-27-25(36)30-19-4-2-5-20(14-19)33-22-21(15-29-33)24(35)32(17-28-22)16-26(37)8-11-31(12-9-26)23(34)18-6-7-18/h2,4-5,14-15,17-18,37H,3,6-13,16H2,1H3,(H2,27,30,36). The Hall–Kier alpha value is -3.77. The van der Waals surface area contributed by atoms with Crippen LogP contribution >= 0.6 is 0 Å². The van der Waals surface area contributed by atoms with Crippen LogP contribution in [0.5, 0.6) is 0 Å². The van der Waals surface area contributed by atoms with Gasteiger partial charge in [-0.25, -0.2) is 14.5 Å². The number of aliphatic hydroxyl groups is 1. The maximum Gasteiger partial charge on any atom is 0.319 e. The maximum absolute atomic E-state index is 13.2. The van der Waals surface area contributed by atoms with E-state index in [0.717, 1.165) is 12.8 Å². The molecule has 1 aromatic carbocycles. The van der Waals surface area contributed by atoms with Crippen molar-refractivity contribution in [2.75, 3.05) is 38.7 Å². The number of ether oxygens (including phenoxy) is 1. The molecule has 0 unspecified atom stereocenters. The van der Waals surface area contributed by atoms with Gasteiger partial charge in [-0.05, 0) is 50.3 Å². The first-order chi connectivity index (χ1) is 18.4. The number of hydrogen-bond acceptors (Lipinski definition) is 7. The third-order valence-electron chi connectivity index (χ3n) is 7.11. The molecule has 1 aliphatic carbocycles. The summed E-state index contributed by atoms with van der Waals surface area (Å²) in [6, 6.07) is 6.76. The number of hydrogen-bond donors (Lipinski definition) is 3. The number of aromatic nitrogens is 4. The molecule has 2 aromatic heterocycles. The Morgan fingerprint density at radius 2 is 2.03 bits per heavy atom. The van der Waals surface area contributed by atoms with Crippen LogP contribution in [0, 0.1) is 5.92 Å². The number of anilines is 1. The molecule has 1 saturated carbocycles. The largest absolute Gasteiger partial charge is 0.388 e. The second kappa shape index (κ2) is 10.9. The van der Waals surface area contributed by atoms with Crippen molar-refractivity contribution in [2.24, 2.45) is 5.92 Å². The third-order valence-corrected chi connectivity index (χ3v) is 7.11. The Bertz CT molecular complexity index is 1370. The van der Waals surface area contributed by atoms with Gasteiger partial charge in [-0.2, -0.15) is 5.10 Å². The molecule has 12 heteroatoms. The first-order valence-electron chi connectivity index (χ1n) is 13.0. The number of benzene rings is 1. The molecule has 202 valence electrons. The summed E-state index contributed by atoms with van der Waals surface area (Å²) in [5, 5.41) is 21.4. The van der Waals surface area contributed by atoms with Gasteiger partial charge < -0.3 is 25.4 Å². The van der Waals surface area contributed by atoms with Crippen molar-refractivity contribution in [2.45, 2.75) is 44.2 Å². The predicted molar refractivity (Wildman–Crippen MR) is 140 cm³/mol. The zero-order valence-corrected chi connectivity index (χ0v) is 21.4. The van der Waals surface area contributed by atoms with E-state index in [1.54, 1.807) is 36.1 Å².